The summed E-state index contributed by atoms with van der Waals surface area (Å²) in [6.07, 6.45) is 6.19. The molecule has 0 heterocycles. The van der Waals surface area contributed by atoms with Gasteiger partial charge in [-0.1, -0.05) is 48.0 Å². The van der Waals surface area contributed by atoms with Crippen LogP contribution in [0.5, 0.6) is 0 Å². The zero-order valence-electron chi connectivity index (χ0n) is 14.3. The lowest BCUT2D eigenvalue weighted by Crippen LogP contribution is -2.39. The van der Waals surface area contributed by atoms with Gasteiger partial charge in [-0.25, -0.2) is 8.42 Å². The highest BCUT2D eigenvalue weighted by Crippen LogP contribution is 2.29. The van der Waals surface area contributed by atoms with E-state index in [1.807, 2.05) is 0 Å². The minimum atomic E-state index is -4.08. The van der Waals surface area contributed by atoms with Crippen molar-refractivity contribution in [1.82, 2.24) is 4.31 Å². The SMILES string of the molecule is NC(=O)CN(CCC1CCCCC1)S(=O)(=O)c1cc(Br)cc([N+](=O)[O-])c1. The molecule has 1 fully saturated rings. The van der Waals surface area contributed by atoms with Gasteiger partial charge in [0.1, 0.15) is 0 Å². The molecule has 0 radical (unpaired) electrons. The second-order valence-corrected chi connectivity index (χ2v) is 9.35. The number of hydrogen-bond acceptors (Lipinski definition) is 5. The normalized spacial score (nSPS) is 15.9. The Labute approximate surface area is 161 Å². The third-order valence-electron chi connectivity index (χ3n) is 4.55. The van der Waals surface area contributed by atoms with Gasteiger partial charge in [0.05, 0.1) is 16.4 Å². The predicted molar refractivity (Wildman–Crippen MR) is 99.9 cm³/mol. The van der Waals surface area contributed by atoms with E-state index in [-0.39, 0.29) is 21.6 Å². The van der Waals surface area contributed by atoms with Crippen molar-refractivity contribution in [3.8, 4) is 0 Å². The summed E-state index contributed by atoms with van der Waals surface area (Å²) >= 11 is 3.10. The van der Waals surface area contributed by atoms with Crippen molar-refractivity contribution in [2.24, 2.45) is 11.7 Å². The molecule has 2 rings (SSSR count). The lowest BCUT2D eigenvalue weighted by atomic mass is 9.87. The first-order valence-corrected chi connectivity index (χ1v) is 10.7. The average Bonchev–Trinajstić information content (AvgIpc) is 2.58. The number of carbonyl (C=O) groups is 1. The van der Waals surface area contributed by atoms with Gasteiger partial charge in [-0.3, -0.25) is 14.9 Å². The number of non-ortho nitro benzene ring substituents is 1. The van der Waals surface area contributed by atoms with Crippen molar-refractivity contribution >= 4 is 37.5 Å². The Morgan fingerprint density at radius 2 is 1.92 bits per heavy atom. The van der Waals surface area contributed by atoms with Crippen LogP contribution in [0.3, 0.4) is 0 Å². The molecule has 1 aliphatic carbocycles. The molecule has 144 valence electrons. The highest BCUT2D eigenvalue weighted by atomic mass is 79.9. The van der Waals surface area contributed by atoms with Crippen molar-refractivity contribution in [1.29, 1.82) is 0 Å². The number of sulfonamides is 1. The van der Waals surface area contributed by atoms with Crippen LogP contribution in [0.1, 0.15) is 38.5 Å². The summed E-state index contributed by atoms with van der Waals surface area (Å²) in [6.45, 7) is -0.286. The first-order valence-electron chi connectivity index (χ1n) is 8.43. The molecular weight excluding hydrogens is 426 g/mol. The van der Waals surface area contributed by atoms with Crippen LogP contribution < -0.4 is 5.73 Å². The van der Waals surface area contributed by atoms with Crippen LogP contribution in [0.2, 0.25) is 0 Å². The summed E-state index contributed by atoms with van der Waals surface area (Å²) in [5, 5.41) is 11.0. The highest BCUT2D eigenvalue weighted by Gasteiger charge is 2.29. The van der Waals surface area contributed by atoms with E-state index in [4.69, 9.17) is 5.73 Å². The van der Waals surface area contributed by atoms with E-state index in [1.54, 1.807) is 0 Å². The summed E-state index contributed by atoms with van der Waals surface area (Å²) in [6, 6.07) is 3.51. The largest absolute Gasteiger partial charge is 0.369 e. The zero-order chi connectivity index (χ0) is 19.3. The maximum atomic E-state index is 12.9. The molecule has 1 aromatic carbocycles. The van der Waals surface area contributed by atoms with E-state index in [1.165, 1.54) is 18.6 Å². The van der Waals surface area contributed by atoms with Crippen LogP contribution in [0.25, 0.3) is 0 Å². The molecule has 0 saturated heterocycles. The number of primary amides is 1. The maximum absolute atomic E-state index is 12.9. The summed E-state index contributed by atoms with van der Waals surface area (Å²) < 4.78 is 27.2. The number of nitro groups is 1. The van der Waals surface area contributed by atoms with E-state index in [9.17, 15) is 23.3 Å². The lowest BCUT2D eigenvalue weighted by molar-refractivity contribution is -0.385. The number of nitro benzene ring substituents is 1. The van der Waals surface area contributed by atoms with Crippen LogP contribution in [-0.4, -0.2) is 36.6 Å². The van der Waals surface area contributed by atoms with Crippen molar-refractivity contribution in [3.63, 3.8) is 0 Å². The monoisotopic (exact) mass is 447 g/mol. The standard InChI is InChI=1S/C16H22BrN3O5S/c17-13-8-14(20(22)23)10-15(9-13)26(24,25)19(11-16(18)21)7-6-12-4-2-1-3-5-12/h8-10,12H,1-7,11H2,(H2,18,21). The summed E-state index contributed by atoms with van der Waals surface area (Å²) in [5.74, 6) is -0.340. The first kappa shape index (κ1) is 20.8. The van der Waals surface area contributed by atoms with E-state index < -0.39 is 27.4 Å². The van der Waals surface area contributed by atoms with Crippen molar-refractivity contribution in [2.75, 3.05) is 13.1 Å². The Morgan fingerprint density at radius 1 is 1.27 bits per heavy atom. The van der Waals surface area contributed by atoms with Crippen molar-refractivity contribution in [3.05, 3.63) is 32.8 Å². The fourth-order valence-electron chi connectivity index (χ4n) is 3.21. The Balaban J connectivity index is 2.26. The van der Waals surface area contributed by atoms with E-state index in [0.717, 1.165) is 36.1 Å². The number of nitrogens with two attached hydrogens (primary N) is 1. The van der Waals surface area contributed by atoms with Gasteiger partial charge in [-0.15, -0.1) is 0 Å². The number of amides is 1. The molecular formula is C16H22BrN3O5S. The van der Waals surface area contributed by atoms with Gasteiger partial charge in [0.2, 0.25) is 15.9 Å². The number of hydrogen-bond donors (Lipinski definition) is 1. The smallest absolute Gasteiger partial charge is 0.271 e. The van der Waals surface area contributed by atoms with Gasteiger partial charge in [0.15, 0.2) is 0 Å². The van der Waals surface area contributed by atoms with Gasteiger partial charge in [0, 0.05) is 23.2 Å². The number of nitrogens with zero attached hydrogens (tertiary/aromatic N) is 2. The Hall–Kier alpha value is -1.52. The first-order chi connectivity index (χ1) is 12.2. The molecule has 0 atom stereocenters. The van der Waals surface area contributed by atoms with E-state index in [2.05, 4.69) is 15.9 Å². The van der Waals surface area contributed by atoms with E-state index >= 15 is 0 Å². The fraction of sp³-hybridized carbons (Fsp3) is 0.562. The number of rotatable bonds is 8. The van der Waals surface area contributed by atoms with Gasteiger partial charge < -0.3 is 5.73 Å². The molecule has 1 aromatic rings. The van der Waals surface area contributed by atoms with Gasteiger partial charge in [0.25, 0.3) is 5.69 Å². The summed E-state index contributed by atoms with van der Waals surface area (Å²) in [4.78, 5) is 21.5. The molecule has 8 nitrogen and oxygen atoms in total. The van der Waals surface area contributed by atoms with Gasteiger partial charge in [-0.05, 0) is 18.4 Å². The third kappa shape index (κ3) is 5.49. The molecule has 10 heteroatoms. The molecule has 0 aliphatic heterocycles. The fourth-order valence-corrected chi connectivity index (χ4v) is 5.33. The molecule has 1 aliphatic rings. The second-order valence-electron chi connectivity index (χ2n) is 6.50. The molecule has 0 spiro atoms. The Morgan fingerprint density at radius 3 is 2.50 bits per heavy atom. The summed E-state index contributed by atoms with van der Waals surface area (Å²) in [5.41, 5.74) is 4.88. The third-order valence-corrected chi connectivity index (χ3v) is 6.83. The lowest BCUT2D eigenvalue weighted by Gasteiger charge is -2.26. The average molecular weight is 448 g/mol. The van der Waals surface area contributed by atoms with E-state index in [0.29, 0.717) is 12.3 Å². The molecule has 0 bridgehead atoms. The highest BCUT2D eigenvalue weighted by molar-refractivity contribution is 9.10. The Kier molecular flexibility index (Phi) is 7.13. The summed E-state index contributed by atoms with van der Waals surface area (Å²) in [7, 11) is -4.08. The molecule has 2 N–H and O–H groups in total. The van der Waals surface area contributed by atoms with Crippen LogP contribution in [0, 0.1) is 16.0 Å². The van der Waals surface area contributed by atoms with Crippen molar-refractivity contribution in [2.45, 2.75) is 43.4 Å². The van der Waals surface area contributed by atoms with Gasteiger partial charge in [-0.2, -0.15) is 4.31 Å². The predicted octanol–water partition coefficient (Wildman–Crippen LogP) is 2.80. The molecule has 0 aromatic heterocycles. The van der Waals surface area contributed by atoms with Crippen LogP contribution >= 0.6 is 15.9 Å². The minimum Gasteiger partial charge on any atom is -0.369 e. The number of carbonyl (C=O) groups excluding carboxylic acids is 1. The minimum absolute atomic E-state index is 0.163. The number of halogens is 1. The molecule has 1 amide bonds. The molecule has 26 heavy (non-hydrogen) atoms. The van der Waals surface area contributed by atoms with Gasteiger partial charge >= 0.3 is 0 Å². The van der Waals surface area contributed by atoms with Crippen molar-refractivity contribution < 1.29 is 18.1 Å². The zero-order valence-corrected chi connectivity index (χ0v) is 16.7. The topological polar surface area (TPSA) is 124 Å². The molecule has 1 saturated carbocycles. The van der Waals surface area contributed by atoms with Crippen LogP contribution in [0.4, 0.5) is 5.69 Å². The van der Waals surface area contributed by atoms with Crippen LogP contribution in [0.15, 0.2) is 27.6 Å². The number of benzene rings is 1. The second kappa shape index (κ2) is 8.92. The molecule has 0 unspecified atom stereocenters. The maximum Gasteiger partial charge on any atom is 0.271 e. The Bertz CT molecular complexity index is 778. The van der Waals surface area contributed by atoms with Crippen LogP contribution in [-0.2, 0) is 14.8 Å². The quantitative estimate of drug-likeness (QED) is 0.484.